The second-order valence-corrected chi connectivity index (χ2v) is 9.06. The van der Waals surface area contributed by atoms with Crippen molar-refractivity contribution in [1.29, 1.82) is 0 Å². The fourth-order valence-corrected chi connectivity index (χ4v) is 5.27. The molecule has 1 N–H and O–H groups in total. The molecule has 4 rings (SSSR count). The van der Waals surface area contributed by atoms with E-state index in [9.17, 15) is 0 Å². The molecular weight excluding hydrogens is 458 g/mol. The summed E-state index contributed by atoms with van der Waals surface area (Å²) in [4.78, 5) is 7.83. The SMILES string of the molecule is COc1ccc(OC)c(N2C(=S)NC(c3ccccn3)C2c2ccc(Br)s2)c1. The Morgan fingerprint density at radius 1 is 1.14 bits per heavy atom. The molecule has 5 nitrogen and oxygen atoms in total. The molecule has 0 radical (unpaired) electrons. The fraction of sp³-hybridized carbons (Fsp3) is 0.200. The van der Waals surface area contributed by atoms with Crippen LogP contribution in [-0.4, -0.2) is 24.3 Å². The van der Waals surface area contributed by atoms with E-state index in [2.05, 4.69) is 43.3 Å². The van der Waals surface area contributed by atoms with E-state index in [1.54, 1.807) is 31.8 Å². The zero-order valence-electron chi connectivity index (χ0n) is 15.3. The minimum Gasteiger partial charge on any atom is -0.497 e. The number of nitrogens with zero attached hydrogens (tertiary/aromatic N) is 2. The summed E-state index contributed by atoms with van der Waals surface area (Å²) in [5, 5.41) is 4.08. The number of thiocarbonyl (C=S) groups is 1. The van der Waals surface area contributed by atoms with Crippen LogP contribution in [0.4, 0.5) is 5.69 Å². The molecule has 2 unspecified atom stereocenters. The maximum absolute atomic E-state index is 5.75. The van der Waals surface area contributed by atoms with Gasteiger partial charge < -0.3 is 19.7 Å². The van der Waals surface area contributed by atoms with E-state index in [1.807, 2.05) is 36.4 Å². The van der Waals surface area contributed by atoms with Crippen LogP contribution < -0.4 is 19.7 Å². The van der Waals surface area contributed by atoms with Crippen molar-refractivity contribution in [3.63, 3.8) is 0 Å². The summed E-state index contributed by atoms with van der Waals surface area (Å²) in [6.07, 6.45) is 1.80. The average molecular weight is 476 g/mol. The topological polar surface area (TPSA) is 46.6 Å². The summed E-state index contributed by atoms with van der Waals surface area (Å²) in [5.74, 6) is 1.47. The lowest BCUT2D eigenvalue weighted by atomic mass is 10.0. The number of ether oxygens (including phenoxy) is 2. The van der Waals surface area contributed by atoms with Crippen molar-refractivity contribution in [2.24, 2.45) is 0 Å². The first-order valence-electron chi connectivity index (χ1n) is 8.60. The lowest BCUT2D eigenvalue weighted by Gasteiger charge is -2.28. The van der Waals surface area contributed by atoms with Crippen molar-refractivity contribution in [2.45, 2.75) is 12.1 Å². The third kappa shape index (κ3) is 3.47. The third-order valence-electron chi connectivity index (χ3n) is 4.63. The smallest absolute Gasteiger partial charge is 0.174 e. The number of nitrogens with one attached hydrogen (secondary N) is 1. The molecule has 0 aliphatic carbocycles. The van der Waals surface area contributed by atoms with Crippen LogP contribution in [0.25, 0.3) is 0 Å². The van der Waals surface area contributed by atoms with Crippen molar-refractivity contribution >= 4 is 50.3 Å². The lowest BCUT2D eigenvalue weighted by molar-refractivity contribution is 0.403. The molecule has 0 saturated carbocycles. The number of aromatic nitrogens is 1. The number of halogens is 1. The molecule has 28 heavy (non-hydrogen) atoms. The minimum atomic E-state index is -0.0878. The van der Waals surface area contributed by atoms with Crippen LogP contribution in [0.15, 0.2) is 58.5 Å². The maximum atomic E-state index is 5.75. The number of hydrogen-bond acceptors (Lipinski definition) is 5. The highest BCUT2D eigenvalue weighted by Gasteiger charge is 2.42. The van der Waals surface area contributed by atoms with E-state index in [-0.39, 0.29) is 12.1 Å². The highest BCUT2D eigenvalue weighted by Crippen LogP contribution is 2.47. The van der Waals surface area contributed by atoms with Crippen molar-refractivity contribution < 1.29 is 9.47 Å². The van der Waals surface area contributed by atoms with Gasteiger partial charge in [-0.1, -0.05) is 6.07 Å². The molecule has 2 aromatic heterocycles. The molecule has 1 aliphatic rings. The highest BCUT2D eigenvalue weighted by atomic mass is 79.9. The monoisotopic (exact) mass is 475 g/mol. The van der Waals surface area contributed by atoms with Crippen LogP contribution in [0.5, 0.6) is 11.5 Å². The number of methoxy groups -OCH3 is 2. The van der Waals surface area contributed by atoms with Crippen molar-refractivity contribution in [1.82, 2.24) is 10.3 Å². The number of thiophene rings is 1. The Kier molecular flexibility index (Phi) is 5.52. The third-order valence-corrected chi connectivity index (χ3v) is 6.64. The van der Waals surface area contributed by atoms with Gasteiger partial charge in [0.1, 0.15) is 11.5 Å². The highest BCUT2D eigenvalue weighted by molar-refractivity contribution is 9.11. The van der Waals surface area contributed by atoms with Crippen molar-refractivity contribution in [3.8, 4) is 11.5 Å². The Morgan fingerprint density at radius 2 is 2.00 bits per heavy atom. The average Bonchev–Trinajstić information content (AvgIpc) is 3.30. The van der Waals surface area contributed by atoms with Gasteiger partial charge in [-0.25, -0.2) is 0 Å². The fourth-order valence-electron chi connectivity index (χ4n) is 3.38. The van der Waals surface area contributed by atoms with Crippen LogP contribution >= 0.6 is 39.5 Å². The number of pyridine rings is 1. The molecule has 0 bridgehead atoms. The van der Waals surface area contributed by atoms with Gasteiger partial charge in [0.15, 0.2) is 5.11 Å². The number of benzene rings is 1. The van der Waals surface area contributed by atoms with Crippen LogP contribution in [0.3, 0.4) is 0 Å². The van der Waals surface area contributed by atoms with Gasteiger partial charge in [0.25, 0.3) is 0 Å². The summed E-state index contributed by atoms with van der Waals surface area (Å²) in [7, 11) is 3.31. The number of anilines is 1. The zero-order chi connectivity index (χ0) is 19.7. The largest absolute Gasteiger partial charge is 0.497 e. The Bertz CT molecular complexity index is 996. The molecule has 1 aliphatic heterocycles. The second kappa shape index (κ2) is 8.06. The van der Waals surface area contributed by atoms with E-state index in [4.69, 9.17) is 21.7 Å². The molecular formula is C20H18BrN3O2S2. The van der Waals surface area contributed by atoms with Gasteiger partial charge >= 0.3 is 0 Å². The standard InChI is InChI=1S/C20H18BrN3O2S2/c1-25-12-6-7-15(26-2)14(11-12)24-19(16-8-9-17(21)28-16)18(23-20(24)27)13-5-3-4-10-22-13/h3-11,18-19H,1-2H3,(H,23,27). The molecule has 3 heterocycles. The quantitative estimate of drug-likeness (QED) is 0.517. The van der Waals surface area contributed by atoms with Crippen molar-refractivity contribution in [3.05, 3.63) is 69.1 Å². The van der Waals surface area contributed by atoms with E-state index in [1.165, 1.54) is 4.88 Å². The van der Waals surface area contributed by atoms with Crippen LogP contribution in [0.1, 0.15) is 22.7 Å². The molecule has 0 amide bonds. The second-order valence-electron chi connectivity index (χ2n) is 6.18. The predicted molar refractivity (Wildman–Crippen MR) is 119 cm³/mol. The first-order valence-corrected chi connectivity index (χ1v) is 10.6. The minimum absolute atomic E-state index is 0.0697. The molecule has 1 fully saturated rings. The summed E-state index contributed by atoms with van der Waals surface area (Å²) >= 11 is 11.0. The van der Waals surface area contributed by atoms with Gasteiger partial charge in [-0.2, -0.15) is 0 Å². The Labute approximate surface area is 181 Å². The Balaban J connectivity index is 1.87. The van der Waals surface area contributed by atoms with Gasteiger partial charge in [0.05, 0.1) is 41.5 Å². The maximum Gasteiger partial charge on any atom is 0.174 e. The van der Waals surface area contributed by atoms with E-state index < -0.39 is 0 Å². The van der Waals surface area contributed by atoms with Crippen molar-refractivity contribution in [2.75, 3.05) is 19.1 Å². The molecule has 3 aromatic rings. The van der Waals surface area contributed by atoms with Gasteiger partial charge in [-0.15, -0.1) is 11.3 Å². The summed E-state index contributed by atoms with van der Waals surface area (Å²) in [5.41, 5.74) is 1.79. The molecule has 1 saturated heterocycles. The lowest BCUT2D eigenvalue weighted by Crippen LogP contribution is -2.29. The van der Waals surface area contributed by atoms with Gasteiger partial charge in [-0.05, 0) is 64.5 Å². The van der Waals surface area contributed by atoms with Crippen LogP contribution in [0, 0.1) is 0 Å². The molecule has 0 spiro atoms. The summed E-state index contributed by atoms with van der Waals surface area (Å²) < 4.78 is 12.1. The van der Waals surface area contributed by atoms with Gasteiger partial charge in [-0.3, -0.25) is 4.98 Å². The van der Waals surface area contributed by atoms with Gasteiger partial charge in [0.2, 0.25) is 0 Å². The summed E-state index contributed by atoms with van der Waals surface area (Å²) in [6.45, 7) is 0. The van der Waals surface area contributed by atoms with Crippen LogP contribution in [-0.2, 0) is 0 Å². The number of hydrogen-bond donors (Lipinski definition) is 1. The Morgan fingerprint density at radius 3 is 2.64 bits per heavy atom. The number of rotatable bonds is 5. The molecule has 8 heteroatoms. The van der Waals surface area contributed by atoms with Crippen LogP contribution in [0.2, 0.25) is 0 Å². The molecule has 144 valence electrons. The first-order chi connectivity index (χ1) is 13.6. The predicted octanol–water partition coefficient (Wildman–Crippen LogP) is 5.10. The van der Waals surface area contributed by atoms with Gasteiger partial charge in [0, 0.05) is 17.1 Å². The summed E-state index contributed by atoms with van der Waals surface area (Å²) in [6, 6.07) is 15.6. The van der Waals surface area contributed by atoms with E-state index in [0.717, 1.165) is 26.7 Å². The van der Waals surface area contributed by atoms with E-state index in [0.29, 0.717) is 5.11 Å². The Hall–Kier alpha value is -2.16. The molecule has 2 atom stereocenters. The van der Waals surface area contributed by atoms with E-state index >= 15 is 0 Å². The first kappa shape index (κ1) is 19.2. The molecule has 1 aromatic carbocycles. The zero-order valence-corrected chi connectivity index (χ0v) is 18.5. The normalized spacial score (nSPS) is 18.8.